The van der Waals surface area contributed by atoms with Gasteiger partial charge in [0.05, 0.1) is 12.6 Å². The SMILES string of the molecule is CCC.COc1cccc(CNc2nnc(-c3ccc4n[nH]c(C)c4c3)nc2N2CCNCC2)c1. The van der Waals surface area contributed by atoms with Crippen molar-refractivity contribution in [1.82, 2.24) is 30.7 Å². The number of nitrogens with zero attached hydrogens (tertiary/aromatic N) is 5. The fourth-order valence-electron chi connectivity index (χ4n) is 3.90. The Labute approximate surface area is 206 Å². The van der Waals surface area contributed by atoms with Crippen LogP contribution in [0, 0.1) is 6.92 Å². The molecule has 0 bridgehead atoms. The maximum absolute atomic E-state index is 5.33. The van der Waals surface area contributed by atoms with Gasteiger partial charge in [0.2, 0.25) is 0 Å². The molecule has 0 atom stereocenters. The van der Waals surface area contributed by atoms with Gasteiger partial charge in [0.15, 0.2) is 17.5 Å². The van der Waals surface area contributed by atoms with Crippen molar-refractivity contribution < 1.29 is 4.74 Å². The summed E-state index contributed by atoms with van der Waals surface area (Å²) in [6.45, 7) is 10.4. The quantitative estimate of drug-likeness (QED) is 0.383. The van der Waals surface area contributed by atoms with Crippen LogP contribution in [0.15, 0.2) is 42.5 Å². The molecular formula is C26H34N8O. The summed E-state index contributed by atoms with van der Waals surface area (Å²) in [5.74, 6) is 2.94. The summed E-state index contributed by atoms with van der Waals surface area (Å²) in [4.78, 5) is 7.19. The number of H-pyrrole nitrogens is 1. The normalized spacial score (nSPS) is 13.3. The molecule has 1 saturated heterocycles. The molecule has 5 rings (SSSR count). The number of aromatic amines is 1. The Balaban J connectivity index is 0.000000917. The number of piperazine rings is 1. The van der Waals surface area contributed by atoms with E-state index in [-0.39, 0.29) is 0 Å². The van der Waals surface area contributed by atoms with E-state index in [2.05, 4.69) is 61.9 Å². The number of fused-ring (bicyclic) bond motifs is 1. The number of hydrogen-bond acceptors (Lipinski definition) is 8. The molecule has 0 unspecified atom stereocenters. The number of ether oxygens (including phenoxy) is 1. The van der Waals surface area contributed by atoms with Crippen molar-refractivity contribution in [3.8, 4) is 17.1 Å². The number of anilines is 2. The lowest BCUT2D eigenvalue weighted by molar-refractivity contribution is 0.414. The second-order valence-electron chi connectivity index (χ2n) is 8.54. The van der Waals surface area contributed by atoms with Gasteiger partial charge >= 0.3 is 0 Å². The van der Waals surface area contributed by atoms with E-state index in [1.54, 1.807) is 7.11 Å². The predicted octanol–water partition coefficient (Wildman–Crippen LogP) is 4.17. The Morgan fingerprint density at radius 2 is 1.86 bits per heavy atom. The van der Waals surface area contributed by atoms with Gasteiger partial charge in [0.25, 0.3) is 0 Å². The standard InChI is InChI=1S/C23H26N8O.C3H8/c1-15-19-13-17(6-7-20(19)28-27-15)21-26-23(31-10-8-24-9-11-31)22(30-29-21)25-14-16-4-3-5-18(12-16)32-2;1-3-2/h3-7,12-13,24H,8-11,14H2,1-2H3,(H,25,30)(H,27,28);3H2,1-2H3. The van der Waals surface area contributed by atoms with Gasteiger partial charge in [0, 0.05) is 49.4 Å². The number of hydrogen-bond donors (Lipinski definition) is 3. The number of benzene rings is 2. The van der Waals surface area contributed by atoms with Crippen LogP contribution in [0.1, 0.15) is 31.5 Å². The van der Waals surface area contributed by atoms with E-state index in [9.17, 15) is 0 Å². The van der Waals surface area contributed by atoms with Gasteiger partial charge < -0.3 is 20.3 Å². The highest BCUT2D eigenvalue weighted by atomic mass is 16.5. The maximum atomic E-state index is 5.33. The first kappa shape index (κ1) is 24.4. The zero-order valence-electron chi connectivity index (χ0n) is 20.9. The molecule has 2 aromatic carbocycles. The van der Waals surface area contributed by atoms with Crippen LogP contribution in [-0.4, -0.2) is 58.7 Å². The highest BCUT2D eigenvalue weighted by Crippen LogP contribution is 2.27. The molecule has 9 nitrogen and oxygen atoms in total. The first-order valence-corrected chi connectivity index (χ1v) is 12.1. The molecule has 1 aliphatic rings. The smallest absolute Gasteiger partial charge is 0.192 e. The molecule has 0 radical (unpaired) electrons. The van der Waals surface area contributed by atoms with Gasteiger partial charge in [-0.1, -0.05) is 32.4 Å². The van der Waals surface area contributed by atoms with Gasteiger partial charge in [-0.3, -0.25) is 5.10 Å². The van der Waals surface area contributed by atoms with Crippen LogP contribution in [0.2, 0.25) is 0 Å². The summed E-state index contributed by atoms with van der Waals surface area (Å²) in [7, 11) is 1.67. The fourth-order valence-corrected chi connectivity index (χ4v) is 3.90. The molecule has 0 amide bonds. The van der Waals surface area contributed by atoms with Crippen molar-refractivity contribution in [3.63, 3.8) is 0 Å². The van der Waals surface area contributed by atoms with E-state index >= 15 is 0 Å². The lowest BCUT2D eigenvalue weighted by Gasteiger charge is -2.29. The summed E-state index contributed by atoms with van der Waals surface area (Å²) in [6.07, 6.45) is 1.25. The highest BCUT2D eigenvalue weighted by Gasteiger charge is 2.19. The molecule has 35 heavy (non-hydrogen) atoms. The van der Waals surface area contributed by atoms with Gasteiger partial charge in [-0.2, -0.15) is 5.10 Å². The van der Waals surface area contributed by atoms with Crippen molar-refractivity contribution in [3.05, 3.63) is 53.7 Å². The van der Waals surface area contributed by atoms with Crippen molar-refractivity contribution in [2.45, 2.75) is 33.7 Å². The van der Waals surface area contributed by atoms with Crippen molar-refractivity contribution in [2.24, 2.45) is 0 Å². The number of aryl methyl sites for hydroxylation is 1. The number of nitrogens with one attached hydrogen (secondary N) is 3. The molecular weight excluding hydrogens is 440 g/mol. The molecule has 1 fully saturated rings. The Bertz CT molecular complexity index is 1250. The third kappa shape index (κ3) is 5.86. The maximum Gasteiger partial charge on any atom is 0.192 e. The van der Waals surface area contributed by atoms with Gasteiger partial charge in [-0.05, 0) is 42.8 Å². The van der Waals surface area contributed by atoms with E-state index in [1.165, 1.54) is 6.42 Å². The van der Waals surface area contributed by atoms with Crippen LogP contribution in [0.3, 0.4) is 0 Å². The molecule has 0 aliphatic carbocycles. The molecule has 3 heterocycles. The fraction of sp³-hybridized carbons (Fsp3) is 0.385. The molecule has 0 saturated carbocycles. The Morgan fingerprint density at radius 1 is 1.06 bits per heavy atom. The lowest BCUT2D eigenvalue weighted by Crippen LogP contribution is -2.44. The van der Waals surface area contributed by atoms with E-state index in [4.69, 9.17) is 9.72 Å². The average Bonchev–Trinajstić information content (AvgIpc) is 3.28. The summed E-state index contributed by atoms with van der Waals surface area (Å²) >= 11 is 0. The van der Waals surface area contributed by atoms with Crippen molar-refractivity contribution in [2.75, 3.05) is 43.5 Å². The summed E-state index contributed by atoms with van der Waals surface area (Å²) in [5.41, 5.74) is 3.97. The van der Waals surface area contributed by atoms with Crippen LogP contribution in [-0.2, 0) is 6.54 Å². The lowest BCUT2D eigenvalue weighted by atomic mass is 10.1. The second-order valence-corrected chi connectivity index (χ2v) is 8.54. The summed E-state index contributed by atoms with van der Waals surface area (Å²) in [6, 6.07) is 14.0. The first-order chi connectivity index (χ1) is 17.1. The minimum Gasteiger partial charge on any atom is -0.497 e. The Hall–Kier alpha value is -3.72. The van der Waals surface area contributed by atoms with Gasteiger partial charge in [-0.15, -0.1) is 10.2 Å². The largest absolute Gasteiger partial charge is 0.497 e. The zero-order chi connectivity index (χ0) is 24.6. The van der Waals surface area contributed by atoms with Crippen LogP contribution in [0.25, 0.3) is 22.3 Å². The third-order valence-corrected chi connectivity index (χ3v) is 5.68. The average molecular weight is 475 g/mol. The second kappa shape index (κ2) is 11.6. The molecule has 0 spiro atoms. The summed E-state index contributed by atoms with van der Waals surface area (Å²) in [5, 5.41) is 24.2. The molecule has 4 aromatic rings. The van der Waals surface area contributed by atoms with Crippen LogP contribution in [0.4, 0.5) is 11.6 Å². The van der Waals surface area contributed by atoms with Crippen molar-refractivity contribution in [1.29, 1.82) is 0 Å². The third-order valence-electron chi connectivity index (χ3n) is 5.68. The van der Waals surface area contributed by atoms with E-state index in [0.29, 0.717) is 18.2 Å². The van der Waals surface area contributed by atoms with Crippen LogP contribution in [0.5, 0.6) is 5.75 Å². The minimum absolute atomic E-state index is 0.603. The Morgan fingerprint density at radius 3 is 2.63 bits per heavy atom. The van der Waals surface area contributed by atoms with E-state index < -0.39 is 0 Å². The number of methoxy groups -OCH3 is 1. The molecule has 1 aliphatic heterocycles. The van der Waals surface area contributed by atoms with Crippen LogP contribution < -0.4 is 20.3 Å². The first-order valence-electron chi connectivity index (χ1n) is 12.1. The number of rotatable bonds is 6. The van der Waals surface area contributed by atoms with E-state index in [1.807, 2.05) is 37.3 Å². The topological polar surface area (TPSA) is 104 Å². The molecule has 2 aromatic heterocycles. The molecule has 9 heteroatoms. The molecule has 184 valence electrons. The minimum atomic E-state index is 0.603. The highest BCUT2D eigenvalue weighted by molar-refractivity contribution is 5.85. The predicted molar refractivity (Wildman–Crippen MR) is 141 cm³/mol. The summed E-state index contributed by atoms with van der Waals surface area (Å²) < 4.78 is 5.33. The van der Waals surface area contributed by atoms with Crippen LogP contribution >= 0.6 is 0 Å². The Kier molecular flexibility index (Phi) is 8.10. The van der Waals surface area contributed by atoms with E-state index in [0.717, 1.165) is 65.5 Å². The zero-order valence-corrected chi connectivity index (χ0v) is 20.9. The van der Waals surface area contributed by atoms with Gasteiger partial charge in [-0.25, -0.2) is 4.98 Å². The number of aromatic nitrogens is 5. The van der Waals surface area contributed by atoms with Crippen molar-refractivity contribution >= 4 is 22.5 Å². The monoisotopic (exact) mass is 474 g/mol. The molecule has 3 N–H and O–H groups in total. The van der Waals surface area contributed by atoms with Gasteiger partial charge in [0.1, 0.15) is 5.75 Å².